The van der Waals surface area contributed by atoms with Crippen LogP contribution in [-0.2, 0) is 19.6 Å². The highest BCUT2D eigenvalue weighted by atomic mass is 35.5. The van der Waals surface area contributed by atoms with Gasteiger partial charge in [-0.05, 0) is 59.5 Å². The molecule has 0 heterocycles. The fourth-order valence-corrected chi connectivity index (χ4v) is 4.11. The molecule has 0 saturated heterocycles. The van der Waals surface area contributed by atoms with Crippen molar-refractivity contribution in [2.75, 3.05) is 16.2 Å². The molecule has 0 atom stereocenters. The van der Waals surface area contributed by atoms with E-state index in [1.807, 2.05) is 26.0 Å². The Hall–Kier alpha value is -2.38. The summed E-state index contributed by atoms with van der Waals surface area (Å²) in [6.45, 7) is 4.93. The Bertz CT molecular complexity index is 923. The van der Waals surface area contributed by atoms with Gasteiger partial charge in [0.05, 0.1) is 10.6 Å². The van der Waals surface area contributed by atoms with Crippen molar-refractivity contribution in [1.82, 2.24) is 0 Å². The Morgan fingerprint density at radius 2 is 1.59 bits per heavy atom. The minimum Gasteiger partial charge on any atom is -0.326 e. The number of hydrogen-bond donors (Lipinski definition) is 1. The molecule has 2 rings (SSSR count). The van der Waals surface area contributed by atoms with E-state index in [1.165, 1.54) is 31.2 Å². The van der Waals surface area contributed by atoms with Crippen molar-refractivity contribution in [3.63, 3.8) is 0 Å². The second-order valence-electron chi connectivity index (χ2n) is 6.32. The number of sulfonamides is 1. The van der Waals surface area contributed by atoms with Crippen LogP contribution in [0.15, 0.2) is 53.4 Å². The first kappa shape index (κ1) is 20.9. The first-order valence-corrected chi connectivity index (χ1v) is 10.1. The maximum Gasteiger partial charge on any atom is 0.264 e. The summed E-state index contributed by atoms with van der Waals surface area (Å²) in [7, 11) is -4.01. The topological polar surface area (TPSA) is 83.6 Å². The molecule has 0 fully saturated rings. The highest BCUT2D eigenvalue weighted by Crippen LogP contribution is 2.26. The predicted octanol–water partition coefficient (Wildman–Crippen LogP) is 3.73. The molecule has 144 valence electrons. The highest BCUT2D eigenvalue weighted by Gasteiger charge is 2.26. The van der Waals surface area contributed by atoms with Crippen LogP contribution in [0.3, 0.4) is 0 Å². The molecule has 0 radical (unpaired) electrons. The number of halogens is 1. The van der Waals surface area contributed by atoms with Gasteiger partial charge in [0.1, 0.15) is 6.54 Å². The van der Waals surface area contributed by atoms with Crippen LogP contribution in [0, 0.1) is 0 Å². The zero-order valence-electron chi connectivity index (χ0n) is 15.3. The van der Waals surface area contributed by atoms with E-state index >= 15 is 0 Å². The molecule has 0 unspecified atom stereocenters. The highest BCUT2D eigenvalue weighted by molar-refractivity contribution is 7.92. The number of nitrogens with one attached hydrogen (secondary N) is 1. The Balaban J connectivity index is 2.41. The van der Waals surface area contributed by atoms with Crippen molar-refractivity contribution in [3.05, 3.63) is 54.1 Å². The Morgan fingerprint density at radius 1 is 1.04 bits per heavy atom. The van der Waals surface area contributed by atoms with Gasteiger partial charge in [-0.3, -0.25) is 13.9 Å². The summed E-state index contributed by atoms with van der Waals surface area (Å²) in [6, 6.07) is 12.6. The van der Waals surface area contributed by atoms with Crippen molar-refractivity contribution in [2.24, 2.45) is 0 Å². The van der Waals surface area contributed by atoms with Crippen LogP contribution < -0.4 is 9.62 Å². The normalized spacial score (nSPS) is 11.3. The minimum atomic E-state index is -4.01. The molecule has 0 aliphatic carbocycles. The van der Waals surface area contributed by atoms with Gasteiger partial charge < -0.3 is 5.32 Å². The van der Waals surface area contributed by atoms with E-state index in [0.717, 1.165) is 9.87 Å². The Labute approximate surface area is 164 Å². The lowest BCUT2D eigenvalue weighted by atomic mass is 10.0. The van der Waals surface area contributed by atoms with Crippen molar-refractivity contribution >= 4 is 44.1 Å². The van der Waals surface area contributed by atoms with Gasteiger partial charge in [0.25, 0.3) is 10.0 Å². The Kier molecular flexibility index (Phi) is 6.62. The molecule has 0 spiro atoms. The second-order valence-corrected chi connectivity index (χ2v) is 8.60. The lowest BCUT2D eigenvalue weighted by Crippen LogP contribution is -2.34. The second kappa shape index (κ2) is 8.54. The number of carbonyl (C=O) groups excluding carboxylic acids is 2. The van der Waals surface area contributed by atoms with Crippen molar-refractivity contribution < 1.29 is 18.0 Å². The maximum atomic E-state index is 13.0. The summed E-state index contributed by atoms with van der Waals surface area (Å²) < 4.78 is 27.1. The molecule has 8 heteroatoms. The number of hydrogen-bond acceptors (Lipinski definition) is 4. The van der Waals surface area contributed by atoms with Crippen LogP contribution in [0.2, 0.25) is 0 Å². The molecule has 1 amide bonds. The largest absolute Gasteiger partial charge is 0.326 e. The van der Waals surface area contributed by atoms with Gasteiger partial charge in [-0.15, -0.1) is 0 Å². The third kappa shape index (κ3) is 5.30. The van der Waals surface area contributed by atoms with Crippen molar-refractivity contribution in [3.8, 4) is 0 Å². The minimum absolute atomic E-state index is 0.0116. The van der Waals surface area contributed by atoms with Gasteiger partial charge in [-0.25, -0.2) is 8.42 Å². The van der Waals surface area contributed by atoms with E-state index in [2.05, 4.69) is 5.32 Å². The smallest absolute Gasteiger partial charge is 0.264 e. The van der Waals surface area contributed by atoms with Crippen LogP contribution >= 0.6 is 11.6 Å². The lowest BCUT2D eigenvalue weighted by Gasteiger charge is -2.23. The van der Waals surface area contributed by atoms with Gasteiger partial charge in [0.15, 0.2) is 0 Å². The molecule has 2 aromatic rings. The van der Waals surface area contributed by atoms with Crippen LogP contribution in [0.5, 0.6) is 0 Å². The molecule has 0 bridgehead atoms. The fraction of sp³-hybridized carbons (Fsp3) is 0.263. The molecule has 0 aliphatic rings. The number of nitrogens with zero attached hydrogens (tertiary/aromatic N) is 1. The molecular weight excluding hydrogens is 388 g/mol. The predicted molar refractivity (Wildman–Crippen MR) is 107 cm³/mol. The standard InChI is InChI=1S/C19H21ClN2O4S/c1-13(2)15-4-8-17(9-5-15)22(12-19(20)24)27(25,26)18-10-6-16(7-11-18)21-14(3)23/h4-11,13H,12H2,1-3H3,(H,21,23). The lowest BCUT2D eigenvalue weighted by molar-refractivity contribution is -0.114. The number of benzene rings is 2. The molecule has 1 N–H and O–H groups in total. The van der Waals surface area contributed by atoms with Crippen LogP contribution in [-0.4, -0.2) is 26.1 Å². The van der Waals surface area contributed by atoms with Gasteiger partial charge in [0.2, 0.25) is 11.1 Å². The SMILES string of the molecule is CC(=O)Nc1ccc(S(=O)(=O)N(CC(=O)Cl)c2ccc(C(C)C)cc2)cc1. The fourth-order valence-electron chi connectivity index (χ4n) is 2.49. The van der Waals surface area contributed by atoms with E-state index in [4.69, 9.17) is 11.6 Å². The van der Waals surface area contributed by atoms with Gasteiger partial charge in [0, 0.05) is 12.6 Å². The molecule has 0 aliphatic heterocycles. The van der Waals surface area contributed by atoms with Crippen molar-refractivity contribution in [1.29, 1.82) is 0 Å². The third-order valence-electron chi connectivity index (χ3n) is 3.88. The Morgan fingerprint density at radius 3 is 2.04 bits per heavy atom. The van der Waals surface area contributed by atoms with E-state index < -0.39 is 21.8 Å². The van der Waals surface area contributed by atoms with E-state index in [9.17, 15) is 18.0 Å². The number of anilines is 2. The van der Waals surface area contributed by atoms with Crippen LogP contribution in [0.4, 0.5) is 11.4 Å². The van der Waals surface area contributed by atoms with E-state index in [0.29, 0.717) is 17.3 Å². The van der Waals surface area contributed by atoms with Crippen molar-refractivity contribution in [2.45, 2.75) is 31.6 Å². The molecule has 0 aromatic heterocycles. The summed E-state index contributed by atoms with van der Waals surface area (Å²) in [4.78, 5) is 22.6. The quantitative estimate of drug-likeness (QED) is 0.707. The first-order valence-electron chi connectivity index (χ1n) is 8.30. The zero-order chi connectivity index (χ0) is 20.2. The summed E-state index contributed by atoms with van der Waals surface area (Å²) >= 11 is 5.49. The van der Waals surface area contributed by atoms with Gasteiger partial charge in [-0.1, -0.05) is 26.0 Å². The first-order chi connectivity index (χ1) is 12.6. The summed E-state index contributed by atoms with van der Waals surface area (Å²) in [6.07, 6.45) is 0. The number of amides is 1. The molecular formula is C19H21ClN2O4S. The molecule has 6 nitrogen and oxygen atoms in total. The average Bonchev–Trinajstić information content (AvgIpc) is 2.59. The summed E-state index contributed by atoms with van der Waals surface area (Å²) in [5.41, 5.74) is 1.87. The third-order valence-corrected chi connectivity index (χ3v) is 5.79. The zero-order valence-corrected chi connectivity index (χ0v) is 16.8. The maximum absolute atomic E-state index is 13.0. The van der Waals surface area contributed by atoms with E-state index in [1.54, 1.807) is 12.1 Å². The number of rotatable bonds is 7. The average molecular weight is 409 g/mol. The van der Waals surface area contributed by atoms with Gasteiger partial charge >= 0.3 is 0 Å². The van der Waals surface area contributed by atoms with Crippen LogP contribution in [0.1, 0.15) is 32.3 Å². The summed E-state index contributed by atoms with van der Waals surface area (Å²) in [5.74, 6) is 0.0327. The van der Waals surface area contributed by atoms with Crippen LogP contribution in [0.25, 0.3) is 0 Å². The van der Waals surface area contributed by atoms with Gasteiger partial charge in [-0.2, -0.15) is 0 Å². The summed E-state index contributed by atoms with van der Waals surface area (Å²) in [5, 5.41) is 1.78. The molecule has 27 heavy (non-hydrogen) atoms. The monoisotopic (exact) mass is 408 g/mol. The molecule has 0 saturated carbocycles. The molecule has 2 aromatic carbocycles. The number of carbonyl (C=O) groups is 2. The van der Waals surface area contributed by atoms with E-state index in [-0.39, 0.29) is 10.8 Å².